The first-order valence-corrected chi connectivity index (χ1v) is 11.9. The highest BCUT2D eigenvalue weighted by Crippen LogP contribution is 2.29. The lowest BCUT2D eigenvalue weighted by Crippen LogP contribution is -2.56. The molecule has 9 heteroatoms. The number of anilines is 1. The molecule has 0 bridgehead atoms. The summed E-state index contributed by atoms with van der Waals surface area (Å²) in [6.07, 6.45) is -0.903. The van der Waals surface area contributed by atoms with Gasteiger partial charge in [0.25, 0.3) is 0 Å². The topological polar surface area (TPSA) is 53.2 Å². The monoisotopic (exact) mass is 569 g/mol. The van der Waals surface area contributed by atoms with Crippen LogP contribution in [0.5, 0.6) is 0 Å². The third-order valence-electron chi connectivity index (χ3n) is 4.44. The van der Waals surface area contributed by atoms with Crippen molar-refractivity contribution in [3.8, 4) is 11.1 Å². The minimum Gasteiger partial charge on any atom is -0.339 e. The number of halogens is 4. The molecule has 1 atom stereocenters. The van der Waals surface area contributed by atoms with Gasteiger partial charge in [-0.15, -0.1) is 0 Å². The fraction of sp³-hybridized carbons (Fsp3) is 0.130. The van der Waals surface area contributed by atoms with Crippen molar-refractivity contribution in [2.45, 2.75) is 16.4 Å². The molecule has 0 aromatic heterocycles. The molecule has 0 aliphatic rings. The quantitative estimate of drug-likeness (QED) is 0.181. The first-order chi connectivity index (χ1) is 15.2. The minimum absolute atomic E-state index is 0.126. The molecule has 3 aromatic rings. The summed E-state index contributed by atoms with van der Waals surface area (Å²) in [6.45, 7) is 0. The van der Waals surface area contributed by atoms with Crippen molar-refractivity contribution >= 4 is 79.7 Å². The zero-order valence-corrected chi connectivity index (χ0v) is 21.3. The van der Waals surface area contributed by atoms with Crippen LogP contribution >= 0.6 is 63.0 Å². The van der Waals surface area contributed by atoms with E-state index in [-0.39, 0.29) is 17.4 Å². The maximum absolute atomic E-state index is 12.6. The molecule has 0 saturated carbocycles. The minimum atomic E-state index is -1.82. The second kappa shape index (κ2) is 11.3. The number of hydrogen-bond acceptors (Lipinski definition) is 2. The van der Waals surface area contributed by atoms with Crippen molar-refractivity contribution in [3.63, 3.8) is 0 Å². The van der Waals surface area contributed by atoms with Crippen LogP contribution in [0.15, 0.2) is 83.3 Å². The summed E-state index contributed by atoms with van der Waals surface area (Å²) in [6, 6.07) is 25.1. The molecule has 0 heterocycles. The lowest BCUT2D eigenvalue weighted by atomic mass is 10.0. The molecule has 1 unspecified atom stereocenters. The number of benzene rings is 3. The second-order valence-corrected chi connectivity index (χ2v) is 10.6. The van der Waals surface area contributed by atoms with Gasteiger partial charge in [-0.3, -0.25) is 4.79 Å². The van der Waals surface area contributed by atoms with Gasteiger partial charge in [0, 0.05) is 10.2 Å². The van der Waals surface area contributed by atoms with Crippen molar-refractivity contribution in [2.24, 2.45) is 0 Å². The van der Waals surface area contributed by atoms with Crippen molar-refractivity contribution in [3.05, 3.63) is 88.9 Å². The zero-order chi connectivity index (χ0) is 23.1. The lowest BCUT2D eigenvalue weighted by molar-refractivity contribution is -0.121. The standard InChI is InChI=1S/C23H19BrCl3N3OS/c24-18-10-12-19(13-11-18)28-22(32)30-21(23(25,26)27)29-20(31)14-15-6-8-17(9-7-15)16-4-2-1-3-5-16/h1-13,21H,14H2,(H,29,31)(H2,28,30,32). The van der Waals surface area contributed by atoms with E-state index in [0.717, 1.165) is 26.9 Å². The number of rotatable bonds is 6. The Labute approximate surface area is 215 Å². The molecule has 32 heavy (non-hydrogen) atoms. The maximum atomic E-state index is 12.6. The van der Waals surface area contributed by atoms with Crippen molar-refractivity contribution in [1.82, 2.24) is 10.6 Å². The van der Waals surface area contributed by atoms with Gasteiger partial charge in [0.2, 0.25) is 9.70 Å². The largest absolute Gasteiger partial charge is 0.339 e. The average Bonchev–Trinajstić information content (AvgIpc) is 2.75. The third-order valence-corrected chi connectivity index (χ3v) is 5.84. The lowest BCUT2D eigenvalue weighted by Gasteiger charge is -2.27. The van der Waals surface area contributed by atoms with Crippen molar-refractivity contribution in [1.29, 1.82) is 0 Å². The first-order valence-electron chi connectivity index (χ1n) is 9.54. The molecule has 3 rings (SSSR count). The molecular weight excluding hydrogens is 553 g/mol. The van der Waals surface area contributed by atoms with Crippen LogP contribution in [0, 0.1) is 0 Å². The molecule has 3 aromatic carbocycles. The summed E-state index contributed by atoms with van der Waals surface area (Å²) in [4.78, 5) is 12.6. The van der Waals surface area contributed by atoms with Gasteiger partial charge in [0.1, 0.15) is 6.17 Å². The van der Waals surface area contributed by atoms with Gasteiger partial charge in [-0.1, -0.05) is 105 Å². The Kier molecular flexibility index (Phi) is 8.79. The molecule has 166 valence electrons. The summed E-state index contributed by atoms with van der Waals surface area (Å²) in [5, 5.41) is 8.74. The molecule has 0 spiro atoms. The van der Waals surface area contributed by atoms with E-state index in [9.17, 15) is 4.79 Å². The third kappa shape index (κ3) is 7.64. The summed E-state index contributed by atoms with van der Waals surface area (Å²) in [5.74, 6) is -0.312. The molecule has 0 aliphatic heterocycles. The number of hydrogen-bond donors (Lipinski definition) is 3. The van der Waals surface area contributed by atoms with Crippen LogP contribution in [-0.2, 0) is 11.2 Å². The zero-order valence-electron chi connectivity index (χ0n) is 16.6. The fourth-order valence-corrected chi connectivity index (χ4v) is 3.70. The van der Waals surface area contributed by atoms with Gasteiger partial charge in [0.05, 0.1) is 6.42 Å². The number of carbonyl (C=O) groups is 1. The molecule has 0 fully saturated rings. The van der Waals surface area contributed by atoms with Gasteiger partial charge in [-0.25, -0.2) is 0 Å². The first kappa shape index (κ1) is 24.8. The molecule has 0 aliphatic carbocycles. The fourth-order valence-electron chi connectivity index (χ4n) is 2.87. The van der Waals surface area contributed by atoms with Crippen LogP contribution in [0.1, 0.15) is 5.56 Å². The molecule has 3 N–H and O–H groups in total. The van der Waals surface area contributed by atoms with E-state index < -0.39 is 9.96 Å². The second-order valence-electron chi connectivity index (χ2n) is 6.89. The Morgan fingerprint density at radius 2 is 1.47 bits per heavy atom. The van der Waals surface area contributed by atoms with Gasteiger partial charge in [-0.2, -0.15) is 0 Å². The van der Waals surface area contributed by atoms with Crippen LogP contribution in [-0.4, -0.2) is 21.0 Å². The maximum Gasteiger partial charge on any atom is 0.228 e. The Morgan fingerprint density at radius 1 is 0.875 bits per heavy atom. The van der Waals surface area contributed by atoms with Crippen LogP contribution in [0.4, 0.5) is 5.69 Å². The van der Waals surface area contributed by atoms with E-state index in [1.54, 1.807) is 0 Å². The highest BCUT2D eigenvalue weighted by molar-refractivity contribution is 9.10. The van der Waals surface area contributed by atoms with Gasteiger partial charge < -0.3 is 16.0 Å². The highest BCUT2D eigenvalue weighted by Gasteiger charge is 2.34. The van der Waals surface area contributed by atoms with E-state index >= 15 is 0 Å². The highest BCUT2D eigenvalue weighted by atomic mass is 79.9. The predicted molar refractivity (Wildman–Crippen MR) is 141 cm³/mol. The number of alkyl halides is 3. The number of carbonyl (C=O) groups excluding carboxylic acids is 1. The van der Waals surface area contributed by atoms with Gasteiger partial charge in [-0.05, 0) is 53.2 Å². The average molecular weight is 572 g/mol. The van der Waals surface area contributed by atoms with Crippen molar-refractivity contribution in [2.75, 3.05) is 5.32 Å². The van der Waals surface area contributed by atoms with Crippen LogP contribution in [0.25, 0.3) is 11.1 Å². The summed E-state index contributed by atoms with van der Waals surface area (Å²) < 4.78 is -0.886. The number of amides is 1. The number of nitrogens with one attached hydrogen (secondary N) is 3. The molecular formula is C23H19BrCl3N3OS. The summed E-state index contributed by atoms with van der Waals surface area (Å²) in [5.41, 5.74) is 3.76. The molecule has 1 amide bonds. The smallest absolute Gasteiger partial charge is 0.228 e. The summed E-state index contributed by atoms with van der Waals surface area (Å²) >= 11 is 26.9. The molecule has 4 nitrogen and oxygen atoms in total. The molecule has 0 saturated heterocycles. The Morgan fingerprint density at radius 3 is 2.06 bits per heavy atom. The Hall–Kier alpha value is -1.83. The number of thiocarbonyl (C=S) groups is 1. The molecule has 0 radical (unpaired) electrons. The van der Waals surface area contributed by atoms with E-state index in [2.05, 4.69) is 31.9 Å². The van der Waals surface area contributed by atoms with Crippen LogP contribution in [0.2, 0.25) is 0 Å². The predicted octanol–water partition coefficient (Wildman–Crippen LogP) is 6.46. The SMILES string of the molecule is O=C(Cc1ccc(-c2ccccc2)cc1)NC(NC(=S)Nc1ccc(Br)cc1)C(Cl)(Cl)Cl. The Bertz CT molecular complexity index is 1060. The van der Waals surface area contributed by atoms with Crippen molar-refractivity contribution < 1.29 is 4.79 Å². The van der Waals surface area contributed by atoms with E-state index in [0.29, 0.717) is 0 Å². The van der Waals surface area contributed by atoms with Gasteiger partial charge in [0.15, 0.2) is 5.11 Å². The van der Waals surface area contributed by atoms with Crippen LogP contribution < -0.4 is 16.0 Å². The van der Waals surface area contributed by atoms with E-state index in [1.165, 1.54) is 0 Å². The normalized spacial score (nSPS) is 12.0. The van der Waals surface area contributed by atoms with E-state index in [1.807, 2.05) is 78.9 Å². The summed E-state index contributed by atoms with van der Waals surface area (Å²) in [7, 11) is 0. The van der Waals surface area contributed by atoms with E-state index in [4.69, 9.17) is 47.0 Å². The van der Waals surface area contributed by atoms with Gasteiger partial charge >= 0.3 is 0 Å². The Balaban J connectivity index is 1.59. The van der Waals surface area contributed by atoms with Crippen LogP contribution in [0.3, 0.4) is 0 Å².